The second kappa shape index (κ2) is 8.38. The first-order valence-electron chi connectivity index (χ1n) is 8.83. The SMILES string of the molecule is S=C1C=CC(Oc2ccccc2[S+](c2ccccc2)c2ccccc2)=CC1. The molecule has 0 aliphatic heterocycles. The molecule has 132 valence electrons. The molecule has 0 aromatic heterocycles. The molecule has 1 aliphatic rings. The van der Waals surface area contributed by atoms with E-state index in [2.05, 4.69) is 72.8 Å². The maximum atomic E-state index is 6.28. The van der Waals surface area contributed by atoms with Crippen molar-refractivity contribution >= 4 is 28.0 Å². The first-order valence-corrected chi connectivity index (χ1v) is 10.5. The van der Waals surface area contributed by atoms with E-state index in [1.54, 1.807) is 0 Å². The summed E-state index contributed by atoms with van der Waals surface area (Å²) in [5, 5.41) is 0. The van der Waals surface area contributed by atoms with Crippen molar-refractivity contribution in [2.24, 2.45) is 0 Å². The minimum absolute atomic E-state index is 0.240. The van der Waals surface area contributed by atoms with Gasteiger partial charge in [0.25, 0.3) is 0 Å². The molecule has 0 amide bonds. The van der Waals surface area contributed by atoms with Gasteiger partial charge in [-0.1, -0.05) is 60.7 Å². The lowest BCUT2D eigenvalue weighted by Gasteiger charge is -2.14. The summed E-state index contributed by atoms with van der Waals surface area (Å²) in [6, 6.07) is 29.5. The fourth-order valence-electron chi connectivity index (χ4n) is 2.92. The molecule has 4 rings (SSSR count). The zero-order chi connectivity index (χ0) is 18.5. The summed E-state index contributed by atoms with van der Waals surface area (Å²) in [6.07, 6.45) is 6.70. The van der Waals surface area contributed by atoms with Gasteiger partial charge in [-0.05, 0) is 54.6 Å². The quantitative estimate of drug-likeness (QED) is 0.371. The molecule has 0 heterocycles. The number of ether oxygens (including phenoxy) is 1. The van der Waals surface area contributed by atoms with Crippen LogP contribution in [0, 0.1) is 0 Å². The molecule has 0 atom stereocenters. The predicted molar refractivity (Wildman–Crippen MR) is 117 cm³/mol. The second-order valence-corrected chi connectivity index (χ2v) is 8.61. The van der Waals surface area contributed by atoms with Gasteiger partial charge in [-0.25, -0.2) is 0 Å². The van der Waals surface area contributed by atoms with E-state index in [9.17, 15) is 0 Å². The molecular formula is C24H19OS2+. The molecular weight excluding hydrogens is 368 g/mol. The van der Waals surface area contributed by atoms with Gasteiger partial charge in [-0.2, -0.15) is 0 Å². The summed E-state index contributed by atoms with van der Waals surface area (Å²) in [7, 11) is -0.240. The van der Waals surface area contributed by atoms with Crippen molar-refractivity contribution in [2.75, 3.05) is 0 Å². The highest BCUT2D eigenvalue weighted by Crippen LogP contribution is 2.37. The number of rotatable bonds is 5. The number of thiocarbonyl (C=S) groups is 1. The molecule has 3 aromatic carbocycles. The fraction of sp³-hybridized carbons (Fsp3) is 0.0417. The minimum atomic E-state index is -0.240. The van der Waals surface area contributed by atoms with Crippen molar-refractivity contribution < 1.29 is 4.74 Å². The predicted octanol–water partition coefficient (Wildman–Crippen LogP) is 6.37. The highest BCUT2D eigenvalue weighted by Gasteiger charge is 2.32. The molecule has 27 heavy (non-hydrogen) atoms. The van der Waals surface area contributed by atoms with Gasteiger partial charge in [0.15, 0.2) is 15.5 Å². The van der Waals surface area contributed by atoms with Crippen molar-refractivity contribution in [1.29, 1.82) is 0 Å². The van der Waals surface area contributed by atoms with Gasteiger partial charge >= 0.3 is 0 Å². The normalized spacial score (nSPS) is 13.5. The first kappa shape index (κ1) is 17.8. The Morgan fingerprint density at radius 2 is 1.30 bits per heavy atom. The molecule has 0 spiro atoms. The van der Waals surface area contributed by atoms with Gasteiger partial charge < -0.3 is 4.74 Å². The number of allylic oxidation sites excluding steroid dienone is 3. The van der Waals surface area contributed by atoms with E-state index >= 15 is 0 Å². The molecule has 0 saturated carbocycles. The van der Waals surface area contributed by atoms with Crippen LogP contribution in [-0.2, 0) is 10.9 Å². The van der Waals surface area contributed by atoms with Gasteiger partial charge in [-0.3, -0.25) is 0 Å². The average Bonchev–Trinajstić information content (AvgIpc) is 2.73. The zero-order valence-corrected chi connectivity index (χ0v) is 16.4. The van der Waals surface area contributed by atoms with E-state index in [0.29, 0.717) is 0 Å². The van der Waals surface area contributed by atoms with Crippen molar-refractivity contribution in [3.8, 4) is 5.75 Å². The Morgan fingerprint density at radius 3 is 1.89 bits per heavy atom. The Kier molecular flexibility index (Phi) is 5.52. The Labute approximate surface area is 168 Å². The largest absolute Gasteiger partial charge is 0.452 e. The Balaban J connectivity index is 1.77. The number of hydrogen-bond acceptors (Lipinski definition) is 2. The van der Waals surface area contributed by atoms with Gasteiger partial charge in [-0.15, -0.1) is 0 Å². The summed E-state index contributed by atoms with van der Waals surface area (Å²) in [5.41, 5.74) is 0. The van der Waals surface area contributed by atoms with Crippen LogP contribution in [0.4, 0.5) is 0 Å². The van der Waals surface area contributed by atoms with Gasteiger partial charge in [0.05, 0.1) is 0 Å². The molecule has 3 aromatic rings. The third kappa shape index (κ3) is 4.21. The van der Waals surface area contributed by atoms with Crippen LogP contribution >= 0.6 is 12.2 Å². The van der Waals surface area contributed by atoms with E-state index in [4.69, 9.17) is 17.0 Å². The van der Waals surface area contributed by atoms with Crippen molar-refractivity contribution in [2.45, 2.75) is 21.1 Å². The minimum Gasteiger partial charge on any atom is -0.452 e. The van der Waals surface area contributed by atoms with Gasteiger partial charge in [0.2, 0.25) is 4.90 Å². The van der Waals surface area contributed by atoms with Crippen molar-refractivity contribution in [3.63, 3.8) is 0 Å². The fourth-order valence-corrected chi connectivity index (χ4v) is 5.24. The monoisotopic (exact) mass is 387 g/mol. The van der Waals surface area contributed by atoms with E-state index in [0.717, 1.165) is 22.8 Å². The van der Waals surface area contributed by atoms with E-state index in [1.165, 1.54) is 14.7 Å². The Bertz CT molecular complexity index is 952. The van der Waals surface area contributed by atoms with Crippen LogP contribution in [0.5, 0.6) is 5.75 Å². The summed E-state index contributed by atoms with van der Waals surface area (Å²) >= 11 is 5.23. The lowest BCUT2D eigenvalue weighted by atomic mass is 10.2. The molecule has 1 nitrogen and oxygen atoms in total. The highest BCUT2D eigenvalue weighted by atomic mass is 32.2. The number of para-hydroxylation sites is 1. The number of benzene rings is 3. The Morgan fingerprint density at radius 1 is 0.704 bits per heavy atom. The molecule has 0 saturated heterocycles. The highest BCUT2D eigenvalue weighted by molar-refractivity contribution is 7.97. The Hall–Kier alpha value is -2.62. The van der Waals surface area contributed by atoms with Crippen LogP contribution in [-0.4, -0.2) is 4.86 Å². The third-order valence-corrected chi connectivity index (χ3v) is 6.76. The molecule has 0 bridgehead atoms. The van der Waals surface area contributed by atoms with Crippen molar-refractivity contribution in [1.82, 2.24) is 0 Å². The standard InChI is InChI=1S/C24H19OS2/c26-20-17-15-19(16-18-20)25-23-13-7-8-14-24(23)27(21-9-3-1-4-10-21)22-11-5-2-6-12-22/h1-17H,18H2/q+1. The second-order valence-electron chi connectivity index (χ2n) is 6.09. The van der Waals surface area contributed by atoms with Crippen molar-refractivity contribution in [3.05, 3.63) is 109 Å². The average molecular weight is 388 g/mol. The summed E-state index contributed by atoms with van der Waals surface area (Å²) in [4.78, 5) is 4.66. The van der Waals surface area contributed by atoms with E-state index in [1.807, 2.05) is 30.4 Å². The lowest BCUT2D eigenvalue weighted by Crippen LogP contribution is -2.08. The molecule has 1 aliphatic carbocycles. The lowest BCUT2D eigenvalue weighted by molar-refractivity contribution is 0.431. The zero-order valence-electron chi connectivity index (χ0n) is 14.7. The third-order valence-electron chi connectivity index (χ3n) is 4.19. The van der Waals surface area contributed by atoms with Crippen LogP contribution in [0.1, 0.15) is 6.42 Å². The summed E-state index contributed by atoms with van der Waals surface area (Å²) in [5.74, 6) is 1.73. The number of hydrogen-bond donors (Lipinski definition) is 0. The van der Waals surface area contributed by atoms with Crippen LogP contribution in [0.15, 0.2) is 124 Å². The maximum Gasteiger partial charge on any atom is 0.208 e. The summed E-state index contributed by atoms with van der Waals surface area (Å²) < 4.78 is 6.28. The topological polar surface area (TPSA) is 9.23 Å². The molecule has 0 unspecified atom stereocenters. The van der Waals surface area contributed by atoms with Gasteiger partial charge in [0, 0.05) is 11.3 Å². The molecule has 3 heteroatoms. The van der Waals surface area contributed by atoms with Crippen LogP contribution in [0.2, 0.25) is 0 Å². The van der Waals surface area contributed by atoms with Crippen LogP contribution in [0.3, 0.4) is 0 Å². The van der Waals surface area contributed by atoms with E-state index < -0.39 is 0 Å². The maximum absolute atomic E-state index is 6.28. The van der Waals surface area contributed by atoms with Crippen LogP contribution in [0.25, 0.3) is 0 Å². The van der Waals surface area contributed by atoms with Crippen LogP contribution < -0.4 is 4.74 Å². The smallest absolute Gasteiger partial charge is 0.208 e. The summed E-state index contributed by atoms with van der Waals surface area (Å²) in [6.45, 7) is 0. The first-order chi connectivity index (χ1) is 13.3. The molecule has 0 radical (unpaired) electrons. The van der Waals surface area contributed by atoms with Gasteiger partial charge in [0.1, 0.15) is 16.7 Å². The molecule has 0 N–H and O–H groups in total. The molecule has 0 fully saturated rings. The van der Waals surface area contributed by atoms with E-state index in [-0.39, 0.29) is 10.9 Å².